The third kappa shape index (κ3) is 10.2. The highest BCUT2D eigenvalue weighted by Gasteiger charge is 2.56. The van der Waals surface area contributed by atoms with E-state index >= 15 is 0 Å². The van der Waals surface area contributed by atoms with E-state index in [9.17, 15) is 69.6 Å². The molecule has 0 aromatic rings. The second kappa shape index (κ2) is 17.7. The average Bonchev–Trinajstić information content (AvgIpc) is 2.98. The van der Waals surface area contributed by atoms with Gasteiger partial charge in [0, 0.05) is 27.7 Å². The van der Waals surface area contributed by atoms with Gasteiger partial charge in [0.2, 0.25) is 23.6 Å². The number of hydrogen-bond acceptors (Lipinski definition) is 16. The lowest BCUT2D eigenvalue weighted by Crippen LogP contribution is -2.73. The molecule has 0 unspecified atom stereocenters. The van der Waals surface area contributed by atoms with Gasteiger partial charge in [-0.3, -0.25) is 19.2 Å². The smallest absolute Gasteiger partial charge is 0.335 e. The van der Waals surface area contributed by atoms with E-state index < -0.39 is 134 Å². The highest BCUT2D eigenvalue weighted by atomic mass is 16.7. The summed E-state index contributed by atoms with van der Waals surface area (Å²) in [5.41, 5.74) is 0. The van der Waals surface area contributed by atoms with Crippen molar-refractivity contribution in [3.63, 3.8) is 0 Å². The van der Waals surface area contributed by atoms with Crippen LogP contribution < -0.4 is 21.3 Å². The van der Waals surface area contributed by atoms with E-state index in [1.807, 2.05) is 0 Å². The van der Waals surface area contributed by atoms with Gasteiger partial charge in [-0.15, -0.1) is 0 Å². The topological polar surface area (TPSA) is 349 Å². The number of nitrogens with one attached hydrogen (secondary N) is 4. The van der Waals surface area contributed by atoms with E-state index in [2.05, 4.69) is 21.3 Å². The number of amides is 4. The highest BCUT2D eigenvalue weighted by molar-refractivity contribution is 5.77. The molecule has 14 atom stereocenters. The summed E-state index contributed by atoms with van der Waals surface area (Å²) in [6.45, 7) is 2.04. The third-order valence-corrected chi connectivity index (χ3v) is 7.29. The van der Waals surface area contributed by atoms with Crippen LogP contribution in [-0.2, 0) is 47.7 Å². The van der Waals surface area contributed by atoms with Crippen molar-refractivity contribution in [2.75, 3.05) is 13.2 Å². The number of carboxylic acid groups (broad SMARTS) is 2. The van der Waals surface area contributed by atoms with Gasteiger partial charge in [-0.1, -0.05) is 0 Å². The van der Waals surface area contributed by atoms with Crippen LogP contribution in [0.4, 0.5) is 0 Å². The zero-order chi connectivity index (χ0) is 36.6. The van der Waals surface area contributed by atoms with Crippen LogP contribution in [0.3, 0.4) is 0 Å². The van der Waals surface area contributed by atoms with Crippen molar-refractivity contribution in [2.45, 2.75) is 113 Å². The molecule has 12 N–H and O–H groups in total. The van der Waals surface area contributed by atoms with Crippen molar-refractivity contribution >= 4 is 35.6 Å². The number of ether oxygens (including phenoxy) is 4. The van der Waals surface area contributed by atoms with Gasteiger partial charge in [0.25, 0.3) is 0 Å². The Kier molecular flexibility index (Phi) is 15.0. The highest BCUT2D eigenvalue weighted by Crippen LogP contribution is 2.31. The van der Waals surface area contributed by atoms with Crippen LogP contribution in [0.5, 0.6) is 0 Å². The molecule has 0 aromatic heterocycles. The average molecular weight is 699 g/mol. The van der Waals surface area contributed by atoms with Crippen LogP contribution in [0, 0.1) is 0 Å². The Balaban J connectivity index is 2.69. The summed E-state index contributed by atoms with van der Waals surface area (Å²) >= 11 is 0. The van der Waals surface area contributed by atoms with Crippen LogP contribution in [0.2, 0.25) is 0 Å². The molecule has 22 nitrogen and oxygen atoms in total. The number of rotatable bonds is 15. The molecule has 2 aliphatic rings. The molecule has 274 valence electrons. The van der Waals surface area contributed by atoms with E-state index in [1.54, 1.807) is 0 Å². The van der Waals surface area contributed by atoms with Gasteiger partial charge in [-0.05, 0) is 0 Å². The van der Waals surface area contributed by atoms with Crippen LogP contribution in [-0.4, -0.2) is 175 Å². The summed E-state index contributed by atoms with van der Waals surface area (Å²) in [4.78, 5) is 72.9. The van der Waals surface area contributed by atoms with Crippen LogP contribution in [0.25, 0.3) is 0 Å². The molecule has 0 bridgehead atoms. The van der Waals surface area contributed by atoms with E-state index in [1.165, 1.54) is 0 Å². The fraction of sp³-hybridized carbons (Fsp3) is 0.769. The Morgan fingerprint density at radius 2 is 1.19 bits per heavy atom. The molecule has 22 heteroatoms. The minimum Gasteiger partial charge on any atom is -0.479 e. The Morgan fingerprint density at radius 3 is 1.65 bits per heavy atom. The number of aliphatic carboxylic acids is 2. The quantitative estimate of drug-likeness (QED) is 0.0755. The van der Waals surface area contributed by atoms with Crippen molar-refractivity contribution in [3.8, 4) is 0 Å². The Hall–Kier alpha value is -3.58. The van der Waals surface area contributed by atoms with Gasteiger partial charge in [0.15, 0.2) is 24.8 Å². The number of hydrogen-bond donors (Lipinski definition) is 12. The first-order valence-electron chi connectivity index (χ1n) is 14.4. The zero-order valence-corrected chi connectivity index (χ0v) is 26.2. The van der Waals surface area contributed by atoms with Gasteiger partial charge >= 0.3 is 11.9 Å². The lowest BCUT2D eigenvalue weighted by molar-refractivity contribution is -0.318. The maximum Gasteiger partial charge on any atom is 0.335 e. The number of aliphatic hydroxyl groups excluding tert-OH is 6. The molecule has 2 rings (SSSR count). The normalized spacial score (nSPS) is 32.9. The largest absolute Gasteiger partial charge is 0.479 e. The summed E-state index contributed by atoms with van der Waals surface area (Å²) in [6, 6.07) is -6.66. The van der Waals surface area contributed by atoms with Gasteiger partial charge < -0.3 is 81.1 Å². The van der Waals surface area contributed by atoms with Gasteiger partial charge in [0.05, 0.1) is 25.3 Å². The lowest BCUT2D eigenvalue weighted by atomic mass is 9.91. The zero-order valence-electron chi connectivity index (χ0n) is 26.2. The Morgan fingerprint density at radius 1 is 0.688 bits per heavy atom. The standard InChI is InChI=1S/C26H42N4O18/c1-7(33)27-11(5-31)19(16(38)12(37)6-32)45-25-14(29-9(3)35)13(28-8(2)34)20(22(48-25)24(43)44)46-26-15(30-10(4)36)17(39)18(40)21(47-26)23(41)42/h11-22,25-26,31-32,37-40H,5-6H2,1-4H3,(H,27,33)(H,28,34)(H,29,35)(H,30,36)(H,41,42)(H,43,44)/t11-,12+,13+,14-,15-,16-,17+,18-,19+,20-,21+,22-,25+,26+/m0/s1. The maximum absolute atomic E-state index is 12.6. The van der Waals surface area contributed by atoms with Crippen LogP contribution in [0.1, 0.15) is 27.7 Å². The summed E-state index contributed by atoms with van der Waals surface area (Å²) in [7, 11) is 0. The summed E-state index contributed by atoms with van der Waals surface area (Å²) in [5.74, 6) is -6.85. The van der Waals surface area contributed by atoms with Crippen molar-refractivity contribution in [1.29, 1.82) is 0 Å². The van der Waals surface area contributed by atoms with E-state index in [-0.39, 0.29) is 0 Å². The molecule has 2 fully saturated rings. The fourth-order valence-corrected chi connectivity index (χ4v) is 5.25. The summed E-state index contributed by atoms with van der Waals surface area (Å²) in [6.07, 6.45) is -20.5. The fourth-order valence-electron chi connectivity index (χ4n) is 5.25. The predicted molar refractivity (Wildman–Crippen MR) is 151 cm³/mol. The van der Waals surface area contributed by atoms with Crippen molar-refractivity contribution in [1.82, 2.24) is 21.3 Å². The Bertz CT molecular complexity index is 1180. The van der Waals surface area contributed by atoms with Gasteiger partial charge in [-0.25, -0.2) is 9.59 Å². The minimum atomic E-state index is -2.24. The van der Waals surface area contributed by atoms with Gasteiger partial charge in [0.1, 0.15) is 48.7 Å². The molecule has 0 aromatic carbocycles. The van der Waals surface area contributed by atoms with Crippen LogP contribution in [0.15, 0.2) is 0 Å². The number of carbonyl (C=O) groups excluding carboxylic acids is 4. The first kappa shape index (κ1) is 40.6. The monoisotopic (exact) mass is 698 g/mol. The van der Waals surface area contributed by atoms with Crippen molar-refractivity contribution in [2.24, 2.45) is 0 Å². The van der Waals surface area contributed by atoms with E-state index in [0.29, 0.717) is 0 Å². The molecule has 2 heterocycles. The second-order valence-corrected chi connectivity index (χ2v) is 11.1. The first-order valence-corrected chi connectivity index (χ1v) is 14.4. The van der Waals surface area contributed by atoms with E-state index in [0.717, 1.165) is 27.7 Å². The minimum absolute atomic E-state index is 0.752. The molecule has 4 amide bonds. The molecule has 48 heavy (non-hydrogen) atoms. The first-order chi connectivity index (χ1) is 22.3. The molecule has 0 aliphatic carbocycles. The SMILES string of the molecule is CC(=O)N[C@@H]1[C@H](O[C@H]2[C@H](NC(C)=O)[C@H](NC(C)=O)[C@H](O[C@@H]([C@@H](O)[C@H](O)CO)[C@H](CO)NC(C)=O)O[C@@H]2C(=O)O)O[C@@H](C(=O)O)[C@@H](O)[C@@H]1O. The maximum atomic E-state index is 12.6. The summed E-state index contributed by atoms with van der Waals surface area (Å²) < 4.78 is 22.5. The van der Waals surface area contributed by atoms with Crippen LogP contribution >= 0.6 is 0 Å². The van der Waals surface area contributed by atoms with Crippen molar-refractivity contribution in [3.05, 3.63) is 0 Å². The Labute approximate surface area is 272 Å². The second-order valence-electron chi connectivity index (χ2n) is 11.1. The molecule has 2 aliphatic heterocycles. The van der Waals surface area contributed by atoms with E-state index in [4.69, 9.17) is 18.9 Å². The molecule has 2 saturated heterocycles. The molecular weight excluding hydrogens is 656 g/mol. The molecular formula is C26H42N4O18. The van der Waals surface area contributed by atoms with Gasteiger partial charge in [-0.2, -0.15) is 0 Å². The van der Waals surface area contributed by atoms with Crippen molar-refractivity contribution < 1.29 is 88.6 Å². The summed E-state index contributed by atoms with van der Waals surface area (Å²) in [5, 5.41) is 90.2. The lowest BCUT2D eigenvalue weighted by Gasteiger charge is -2.49. The molecule has 0 spiro atoms. The molecule has 0 radical (unpaired) electrons. The number of carboxylic acids is 2. The number of carbonyl (C=O) groups is 6. The number of aliphatic hydroxyl groups is 6. The predicted octanol–water partition coefficient (Wildman–Crippen LogP) is -7.18. The molecule has 0 saturated carbocycles. The third-order valence-electron chi connectivity index (χ3n) is 7.29.